The van der Waals surface area contributed by atoms with Gasteiger partial charge in [-0.05, 0) is 55.2 Å². The van der Waals surface area contributed by atoms with Crippen LogP contribution in [0.1, 0.15) is 43.2 Å². The lowest BCUT2D eigenvalue weighted by Gasteiger charge is -2.22. The Hall–Kier alpha value is -3.59. The summed E-state index contributed by atoms with van der Waals surface area (Å²) in [4.78, 5) is 24.5. The third-order valence-corrected chi connectivity index (χ3v) is 5.29. The van der Waals surface area contributed by atoms with Crippen LogP contribution in [0.25, 0.3) is 6.08 Å². The van der Waals surface area contributed by atoms with Crippen LogP contribution in [-0.2, 0) is 9.59 Å². The number of carbonyl (C=O) groups is 2. The van der Waals surface area contributed by atoms with Crippen molar-refractivity contribution in [2.45, 2.75) is 45.1 Å². The summed E-state index contributed by atoms with van der Waals surface area (Å²) in [5.74, 6) is -0.0470. The largest absolute Gasteiger partial charge is 0.484 e. The maximum absolute atomic E-state index is 12.4. The summed E-state index contributed by atoms with van der Waals surface area (Å²) >= 11 is 0. The molecule has 3 rings (SSSR count). The summed E-state index contributed by atoms with van der Waals surface area (Å²) in [6.07, 6.45) is 6.92. The van der Waals surface area contributed by atoms with Crippen LogP contribution in [-0.4, -0.2) is 24.5 Å². The number of ether oxygens (including phenoxy) is 1. The number of hydrogen-bond acceptors (Lipinski definition) is 4. The molecule has 2 N–H and O–H groups in total. The van der Waals surface area contributed by atoms with E-state index in [1.54, 1.807) is 30.3 Å². The minimum Gasteiger partial charge on any atom is -0.484 e. The predicted octanol–water partition coefficient (Wildman–Crippen LogP) is 4.37. The Morgan fingerprint density at radius 3 is 2.48 bits per heavy atom. The minimum atomic E-state index is -0.331. The highest BCUT2D eigenvalue weighted by molar-refractivity contribution is 6.01. The lowest BCUT2D eigenvalue weighted by atomic mass is 9.95. The van der Waals surface area contributed by atoms with Gasteiger partial charge in [0.25, 0.3) is 11.8 Å². The Balaban J connectivity index is 1.53. The Bertz CT molecular complexity index is 984. The van der Waals surface area contributed by atoms with Gasteiger partial charge in [-0.25, -0.2) is 0 Å². The van der Waals surface area contributed by atoms with Gasteiger partial charge >= 0.3 is 0 Å². The van der Waals surface area contributed by atoms with Crippen LogP contribution in [0.15, 0.2) is 54.1 Å². The molecule has 160 valence electrons. The number of nitriles is 1. The number of para-hydroxylation sites is 1. The standard InChI is InChI=1S/C25H27N3O3/c1-18-7-5-6-10-23(18)28-24(29)17-31-22-13-11-19(12-14-22)15-20(16-26)25(30)27-21-8-3-2-4-9-21/h5-7,10-15,21H,2-4,8-9,17H2,1H3,(H,27,30)(H,28,29)/b20-15-. The number of benzene rings is 2. The maximum atomic E-state index is 12.4. The van der Waals surface area contributed by atoms with E-state index in [4.69, 9.17) is 4.74 Å². The molecule has 0 unspecified atom stereocenters. The first-order chi connectivity index (χ1) is 15.0. The monoisotopic (exact) mass is 417 g/mol. The Morgan fingerprint density at radius 1 is 1.10 bits per heavy atom. The molecule has 1 aliphatic rings. The summed E-state index contributed by atoms with van der Waals surface area (Å²) in [5, 5.41) is 15.2. The number of carbonyl (C=O) groups excluding carboxylic acids is 2. The van der Waals surface area contributed by atoms with Gasteiger partial charge in [-0.3, -0.25) is 9.59 Å². The van der Waals surface area contributed by atoms with Crippen LogP contribution in [0.4, 0.5) is 5.69 Å². The molecule has 31 heavy (non-hydrogen) atoms. The average molecular weight is 418 g/mol. The first kappa shape index (κ1) is 22.1. The molecule has 0 aliphatic heterocycles. The van der Waals surface area contributed by atoms with Crippen molar-refractivity contribution < 1.29 is 14.3 Å². The number of anilines is 1. The number of hydrogen-bond donors (Lipinski definition) is 2. The molecule has 2 aromatic carbocycles. The second-order valence-electron chi connectivity index (χ2n) is 7.70. The molecular weight excluding hydrogens is 390 g/mol. The fourth-order valence-corrected chi connectivity index (χ4v) is 3.53. The van der Waals surface area contributed by atoms with Gasteiger partial charge in [0.05, 0.1) is 0 Å². The van der Waals surface area contributed by atoms with Crippen LogP contribution < -0.4 is 15.4 Å². The molecule has 0 radical (unpaired) electrons. The van der Waals surface area contributed by atoms with Gasteiger partial charge < -0.3 is 15.4 Å². The predicted molar refractivity (Wildman–Crippen MR) is 120 cm³/mol. The van der Waals surface area contributed by atoms with Crippen molar-refractivity contribution in [3.63, 3.8) is 0 Å². The van der Waals surface area contributed by atoms with Crippen molar-refractivity contribution >= 4 is 23.6 Å². The highest BCUT2D eigenvalue weighted by Gasteiger charge is 2.18. The van der Waals surface area contributed by atoms with Crippen LogP contribution in [0.2, 0.25) is 0 Å². The number of nitrogens with one attached hydrogen (secondary N) is 2. The molecule has 2 amide bonds. The van der Waals surface area contributed by atoms with Crippen molar-refractivity contribution in [1.82, 2.24) is 5.32 Å². The summed E-state index contributed by atoms with van der Waals surface area (Å²) in [5.41, 5.74) is 2.53. The van der Waals surface area contributed by atoms with E-state index in [0.29, 0.717) is 11.3 Å². The van der Waals surface area contributed by atoms with E-state index in [1.807, 2.05) is 37.3 Å². The summed E-state index contributed by atoms with van der Waals surface area (Å²) in [6.45, 7) is 1.81. The van der Waals surface area contributed by atoms with Crippen molar-refractivity contribution in [2.24, 2.45) is 0 Å². The van der Waals surface area contributed by atoms with E-state index in [9.17, 15) is 14.9 Å². The first-order valence-corrected chi connectivity index (χ1v) is 10.6. The fraction of sp³-hybridized carbons (Fsp3) is 0.320. The zero-order chi connectivity index (χ0) is 22.1. The molecule has 1 aliphatic carbocycles. The van der Waals surface area contributed by atoms with Crippen LogP contribution in [0, 0.1) is 18.3 Å². The molecule has 6 heteroatoms. The highest BCUT2D eigenvalue weighted by atomic mass is 16.5. The highest BCUT2D eigenvalue weighted by Crippen LogP contribution is 2.19. The molecule has 0 heterocycles. The number of nitrogens with zero attached hydrogens (tertiary/aromatic N) is 1. The summed E-state index contributed by atoms with van der Waals surface area (Å²) < 4.78 is 5.54. The maximum Gasteiger partial charge on any atom is 0.262 e. The molecule has 0 spiro atoms. The molecule has 0 bridgehead atoms. The zero-order valence-corrected chi connectivity index (χ0v) is 17.7. The number of rotatable bonds is 7. The van der Waals surface area contributed by atoms with Gasteiger partial charge in [-0.2, -0.15) is 5.26 Å². The van der Waals surface area contributed by atoms with E-state index >= 15 is 0 Å². The fourth-order valence-electron chi connectivity index (χ4n) is 3.53. The van der Waals surface area contributed by atoms with Crippen molar-refractivity contribution in [3.8, 4) is 11.8 Å². The van der Waals surface area contributed by atoms with Gasteiger partial charge in [-0.1, -0.05) is 49.6 Å². The molecule has 6 nitrogen and oxygen atoms in total. The normalized spacial score (nSPS) is 14.4. The second-order valence-corrected chi connectivity index (χ2v) is 7.70. The molecule has 0 atom stereocenters. The van der Waals surface area contributed by atoms with Gasteiger partial charge in [0, 0.05) is 11.7 Å². The number of amides is 2. The van der Waals surface area contributed by atoms with Gasteiger partial charge in [0.2, 0.25) is 0 Å². The first-order valence-electron chi connectivity index (χ1n) is 10.6. The van der Waals surface area contributed by atoms with Crippen molar-refractivity contribution in [2.75, 3.05) is 11.9 Å². The average Bonchev–Trinajstić information content (AvgIpc) is 2.79. The lowest BCUT2D eigenvalue weighted by Crippen LogP contribution is -2.36. The Morgan fingerprint density at radius 2 is 1.81 bits per heavy atom. The zero-order valence-electron chi connectivity index (χ0n) is 17.7. The summed E-state index contributed by atoms with van der Waals surface area (Å²) in [6, 6.07) is 16.6. The van der Waals surface area contributed by atoms with E-state index < -0.39 is 0 Å². The molecule has 1 fully saturated rings. The second kappa shape index (κ2) is 11.0. The van der Waals surface area contributed by atoms with E-state index in [1.165, 1.54) is 6.42 Å². The topological polar surface area (TPSA) is 91.2 Å². The van der Waals surface area contributed by atoms with Crippen LogP contribution >= 0.6 is 0 Å². The lowest BCUT2D eigenvalue weighted by molar-refractivity contribution is -0.118. The summed E-state index contributed by atoms with van der Waals surface area (Å²) in [7, 11) is 0. The van der Waals surface area contributed by atoms with E-state index in [-0.39, 0.29) is 30.0 Å². The third-order valence-electron chi connectivity index (χ3n) is 5.29. The Labute approximate surface area is 182 Å². The third kappa shape index (κ3) is 6.71. The van der Waals surface area contributed by atoms with Gasteiger partial charge in [-0.15, -0.1) is 0 Å². The van der Waals surface area contributed by atoms with Crippen molar-refractivity contribution in [1.29, 1.82) is 5.26 Å². The molecule has 0 aromatic heterocycles. The molecule has 2 aromatic rings. The van der Waals surface area contributed by atoms with Crippen molar-refractivity contribution in [3.05, 3.63) is 65.2 Å². The Kier molecular flexibility index (Phi) is 7.83. The van der Waals surface area contributed by atoms with Gasteiger partial charge in [0.15, 0.2) is 6.61 Å². The van der Waals surface area contributed by atoms with Crippen LogP contribution in [0.3, 0.4) is 0 Å². The smallest absolute Gasteiger partial charge is 0.262 e. The van der Waals surface area contributed by atoms with E-state index in [2.05, 4.69) is 10.6 Å². The van der Waals surface area contributed by atoms with E-state index in [0.717, 1.165) is 36.9 Å². The quantitative estimate of drug-likeness (QED) is 0.517. The number of aryl methyl sites for hydroxylation is 1. The SMILES string of the molecule is Cc1ccccc1NC(=O)COc1ccc(/C=C(/C#N)C(=O)NC2CCCCC2)cc1. The van der Waals surface area contributed by atoms with Crippen LogP contribution in [0.5, 0.6) is 5.75 Å². The molecule has 1 saturated carbocycles. The minimum absolute atomic E-state index is 0.0804. The molecule has 0 saturated heterocycles. The molecular formula is C25H27N3O3. The van der Waals surface area contributed by atoms with Gasteiger partial charge in [0.1, 0.15) is 17.4 Å².